The lowest BCUT2D eigenvalue weighted by molar-refractivity contribution is -0.133. The quantitative estimate of drug-likeness (QED) is 0.694. The second kappa shape index (κ2) is 7.58. The molecule has 0 spiro atoms. The van der Waals surface area contributed by atoms with Gasteiger partial charge in [-0.05, 0) is 42.8 Å². The standard InChI is InChI=1S/C18H13Cl3FN3O3/c1-18(9-2-4-11(19)12(20)6-9)16(27)25(17(28)24-18)8-15(26)23-10-3-5-14(22)13(21)7-10/h2-7H,8H2,1H3,(H,23,26)(H,24,28). The van der Waals surface area contributed by atoms with Crippen LogP contribution in [0.15, 0.2) is 36.4 Å². The van der Waals surface area contributed by atoms with Crippen molar-refractivity contribution in [3.05, 3.63) is 62.8 Å². The molecule has 0 saturated carbocycles. The highest BCUT2D eigenvalue weighted by atomic mass is 35.5. The summed E-state index contributed by atoms with van der Waals surface area (Å²) in [5, 5.41) is 5.39. The van der Waals surface area contributed by atoms with Gasteiger partial charge in [0.25, 0.3) is 5.91 Å². The van der Waals surface area contributed by atoms with Gasteiger partial charge in [-0.1, -0.05) is 40.9 Å². The molecule has 10 heteroatoms. The van der Waals surface area contributed by atoms with Gasteiger partial charge in [-0.3, -0.25) is 14.5 Å². The van der Waals surface area contributed by atoms with E-state index in [1.54, 1.807) is 6.07 Å². The first-order valence-corrected chi connectivity index (χ1v) is 9.10. The summed E-state index contributed by atoms with van der Waals surface area (Å²) in [7, 11) is 0. The fourth-order valence-electron chi connectivity index (χ4n) is 2.76. The van der Waals surface area contributed by atoms with Crippen molar-refractivity contribution >= 4 is 58.3 Å². The Kier molecular flexibility index (Phi) is 5.52. The number of rotatable bonds is 4. The summed E-state index contributed by atoms with van der Waals surface area (Å²) in [4.78, 5) is 38.2. The van der Waals surface area contributed by atoms with Crippen LogP contribution in [0.4, 0.5) is 14.9 Å². The molecular formula is C18H13Cl3FN3O3. The van der Waals surface area contributed by atoms with Gasteiger partial charge >= 0.3 is 6.03 Å². The Morgan fingerprint density at radius 2 is 1.82 bits per heavy atom. The van der Waals surface area contributed by atoms with E-state index >= 15 is 0 Å². The fourth-order valence-corrected chi connectivity index (χ4v) is 3.24. The van der Waals surface area contributed by atoms with E-state index in [4.69, 9.17) is 34.8 Å². The molecule has 1 unspecified atom stereocenters. The van der Waals surface area contributed by atoms with Gasteiger partial charge in [0, 0.05) is 5.69 Å². The van der Waals surface area contributed by atoms with Crippen molar-refractivity contribution in [1.82, 2.24) is 10.2 Å². The zero-order valence-electron chi connectivity index (χ0n) is 14.4. The summed E-state index contributed by atoms with van der Waals surface area (Å²) < 4.78 is 13.2. The van der Waals surface area contributed by atoms with Gasteiger partial charge < -0.3 is 10.6 Å². The number of nitrogens with zero attached hydrogens (tertiary/aromatic N) is 1. The van der Waals surface area contributed by atoms with E-state index in [1.807, 2.05) is 0 Å². The highest BCUT2D eigenvalue weighted by molar-refractivity contribution is 6.42. The molecule has 3 rings (SSSR count). The molecule has 1 aliphatic heterocycles. The lowest BCUT2D eigenvalue weighted by Crippen LogP contribution is -2.42. The molecule has 4 amide bonds. The fraction of sp³-hybridized carbons (Fsp3) is 0.167. The molecule has 1 heterocycles. The lowest BCUT2D eigenvalue weighted by atomic mass is 9.92. The normalized spacial score (nSPS) is 19.0. The van der Waals surface area contributed by atoms with Gasteiger partial charge in [-0.2, -0.15) is 0 Å². The first kappa shape index (κ1) is 20.4. The number of benzene rings is 2. The second-order valence-electron chi connectivity index (χ2n) is 6.25. The Morgan fingerprint density at radius 3 is 2.46 bits per heavy atom. The number of carbonyl (C=O) groups excluding carboxylic acids is 3. The summed E-state index contributed by atoms with van der Waals surface area (Å²) in [6, 6.07) is 7.45. The Labute approximate surface area is 174 Å². The number of amides is 4. The summed E-state index contributed by atoms with van der Waals surface area (Å²) in [6.45, 7) is 0.973. The van der Waals surface area contributed by atoms with Crippen LogP contribution in [0.5, 0.6) is 0 Å². The minimum Gasteiger partial charge on any atom is -0.324 e. The largest absolute Gasteiger partial charge is 0.325 e. The van der Waals surface area contributed by atoms with Crippen LogP contribution >= 0.6 is 34.8 Å². The van der Waals surface area contributed by atoms with Gasteiger partial charge in [-0.25, -0.2) is 9.18 Å². The number of hydrogen-bond acceptors (Lipinski definition) is 3. The monoisotopic (exact) mass is 443 g/mol. The van der Waals surface area contributed by atoms with Crippen LogP contribution in [0.25, 0.3) is 0 Å². The molecule has 146 valence electrons. The molecule has 0 bridgehead atoms. The lowest BCUT2D eigenvalue weighted by Gasteiger charge is -2.22. The van der Waals surface area contributed by atoms with Crippen LogP contribution in [0.3, 0.4) is 0 Å². The molecular weight excluding hydrogens is 432 g/mol. The molecule has 1 aliphatic rings. The molecule has 0 aliphatic carbocycles. The molecule has 2 aromatic carbocycles. The summed E-state index contributed by atoms with van der Waals surface area (Å²) in [5.41, 5.74) is -0.741. The summed E-state index contributed by atoms with van der Waals surface area (Å²) in [5.74, 6) is -1.90. The van der Waals surface area contributed by atoms with Crippen LogP contribution in [0.1, 0.15) is 12.5 Å². The van der Waals surface area contributed by atoms with Crippen molar-refractivity contribution in [2.45, 2.75) is 12.5 Å². The molecule has 0 aromatic heterocycles. The first-order valence-electron chi connectivity index (χ1n) is 7.96. The predicted octanol–water partition coefficient (Wildman–Crippen LogP) is 4.19. The third-order valence-corrected chi connectivity index (χ3v) is 5.31. The molecule has 0 radical (unpaired) electrons. The Hall–Kier alpha value is -2.35. The number of anilines is 1. The molecule has 1 atom stereocenters. The van der Waals surface area contributed by atoms with E-state index in [0.717, 1.165) is 11.0 Å². The molecule has 28 heavy (non-hydrogen) atoms. The first-order chi connectivity index (χ1) is 13.1. The van der Waals surface area contributed by atoms with E-state index in [0.29, 0.717) is 10.6 Å². The third kappa shape index (κ3) is 3.78. The van der Waals surface area contributed by atoms with Crippen LogP contribution < -0.4 is 10.6 Å². The van der Waals surface area contributed by atoms with Gasteiger partial charge in [-0.15, -0.1) is 0 Å². The number of carbonyl (C=O) groups is 3. The van der Waals surface area contributed by atoms with E-state index in [-0.39, 0.29) is 15.7 Å². The van der Waals surface area contributed by atoms with Gasteiger partial charge in [0.05, 0.1) is 15.1 Å². The van der Waals surface area contributed by atoms with E-state index in [9.17, 15) is 18.8 Å². The Balaban J connectivity index is 1.76. The predicted molar refractivity (Wildman–Crippen MR) is 104 cm³/mol. The minimum atomic E-state index is -1.40. The molecule has 2 aromatic rings. The average molecular weight is 445 g/mol. The molecule has 6 nitrogen and oxygen atoms in total. The van der Waals surface area contributed by atoms with Crippen LogP contribution in [0.2, 0.25) is 15.1 Å². The van der Waals surface area contributed by atoms with Crippen molar-refractivity contribution in [3.63, 3.8) is 0 Å². The third-order valence-electron chi connectivity index (χ3n) is 4.28. The van der Waals surface area contributed by atoms with Crippen molar-refractivity contribution in [2.75, 3.05) is 11.9 Å². The average Bonchev–Trinajstić information content (AvgIpc) is 2.84. The van der Waals surface area contributed by atoms with Crippen molar-refractivity contribution < 1.29 is 18.8 Å². The summed E-state index contributed by atoms with van der Waals surface area (Å²) >= 11 is 17.6. The van der Waals surface area contributed by atoms with Crippen LogP contribution in [-0.2, 0) is 15.1 Å². The van der Waals surface area contributed by atoms with Crippen molar-refractivity contribution in [2.24, 2.45) is 0 Å². The zero-order valence-corrected chi connectivity index (χ0v) is 16.6. The smallest absolute Gasteiger partial charge is 0.324 e. The zero-order chi connectivity index (χ0) is 20.6. The van der Waals surface area contributed by atoms with Crippen molar-refractivity contribution in [3.8, 4) is 0 Å². The van der Waals surface area contributed by atoms with Crippen LogP contribution in [0, 0.1) is 5.82 Å². The van der Waals surface area contributed by atoms with Crippen molar-refractivity contribution in [1.29, 1.82) is 0 Å². The van der Waals surface area contributed by atoms with Crippen LogP contribution in [-0.4, -0.2) is 29.3 Å². The topological polar surface area (TPSA) is 78.5 Å². The summed E-state index contributed by atoms with van der Waals surface area (Å²) in [6.07, 6.45) is 0. The number of hydrogen-bond donors (Lipinski definition) is 2. The maximum atomic E-state index is 13.2. The Morgan fingerprint density at radius 1 is 1.11 bits per heavy atom. The highest BCUT2D eigenvalue weighted by Crippen LogP contribution is 2.33. The van der Waals surface area contributed by atoms with Gasteiger partial charge in [0.2, 0.25) is 5.91 Å². The Bertz CT molecular complexity index is 1000. The minimum absolute atomic E-state index is 0.167. The van der Waals surface area contributed by atoms with E-state index < -0.39 is 35.7 Å². The second-order valence-corrected chi connectivity index (χ2v) is 7.47. The van der Waals surface area contributed by atoms with E-state index in [1.165, 1.54) is 31.2 Å². The number of nitrogens with one attached hydrogen (secondary N) is 2. The number of urea groups is 1. The number of halogens is 4. The van der Waals surface area contributed by atoms with E-state index in [2.05, 4.69) is 10.6 Å². The molecule has 2 N–H and O–H groups in total. The van der Waals surface area contributed by atoms with Gasteiger partial charge in [0.1, 0.15) is 17.9 Å². The highest BCUT2D eigenvalue weighted by Gasteiger charge is 2.49. The van der Waals surface area contributed by atoms with Gasteiger partial charge in [0.15, 0.2) is 0 Å². The molecule has 1 saturated heterocycles. The molecule has 1 fully saturated rings. The SMILES string of the molecule is CC1(c2ccc(Cl)c(Cl)c2)NC(=O)N(CC(=O)Nc2ccc(F)c(Cl)c2)C1=O. The number of imide groups is 1. The maximum absolute atomic E-state index is 13.2. The maximum Gasteiger partial charge on any atom is 0.325 e.